The Kier molecular flexibility index (Phi) is 7.99. The minimum atomic E-state index is 0.866. The van der Waals surface area contributed by atoms with E-state index in [0.29, 0.717) is 0 Å². The van der Waals surface area contributed by atoms with Crippen LogP contribution in [-0.2, 0) is 0 Å². The minimum Gasteiger partial charge on any atom is -0.314 e. The van der Waals surface area contributed by atoms with Crippen LogP contribution in [-0.4, -0.2) is 12.6 Å². The van der Waals surface area contributed by atoms with Gasteiger partial charge in [0.05, 0.1) is 0 Å². The molecule has 0 amide bonds. The predicted molar refractivity (Wildman–Crippen MR) is 68.3 cm³/mol. The van der Waals surface area contributed by atoms with Crippen LogP contribution >= 0.6 is 0 Å². The summed E-state index contributed by atoms with van der Waals surface area (Å²) in [5.41, 5.74) is 0. The van der Waals surface area contributed by atoms with Gasteiger partial charge in [-0.3, -0.25) is 0 Å². The van der Waals surface area contributed by atoms with E-state index in [1.807, 2.05) is 0 Å². The van der Waals surface area contributed by atoms with E-state index in [1.54, 1.807) is 0 Å². The fourth-order valence-electron chi connectivity index (χ4n) is 2.53. The molecule has 1 rings (SSSR count). The standard InChI is InChI=1S/C14H29N/c1-2-3-4-5-6-7-8-9-11-14-12-10-13-15-14/h14-15H,2-13H2,1H3/t14-/m0/s1. The maximum Gasteiger partial charge on any atom is 0.00675 e. The number of nitrogens with one attached hydrogen (secondary N) is 1. The Labute approximate surface area is 96.0 Å². The molecule has 1 N–H and O–H groups in total. The van der Waals surface area contributed by atoms with Crippen molar-refractivity contribution in [3.8, 4) is 0 Å². The molecule has 1 atom stereocenters. The molecule has 0 saturated carbocycles. The van der Waals surface area contributed by atoms with Crippen LogP contribution in [0.4, 0.5) is 0 Å². The molecule has 1 fully saturated rings. The van der Waals surface area contributed by atoms with Crippen LogP contribution in [0.1, 0.15) is 77.6 Å². The summed E-state index contributed by atoms with van der Waals surface area (Å²) in [7, 11) is 0. The molecular formula is C14H29N. The first-order chi connectivity index (χ1) is 7.43. The number of rotatable bonds is 9. The zero-order chi connectivity index (χ0) is 10.8. The Morgan fingerprint density at radius 3 is 2.20 bits per heavy atom. The average Bonchev–Trinajstić information content (AvgIpc) is 2.75. The van der Waals surface area contributed by atoms with E-state index in [0.717, 1.165) is 6.04 Å². The fourth-order valence-corrected chi connectivity index (χ4v) is 2.53. The van der Waals surface area contributed by atoms with Crippen LogP contribution in [0, 0.1) is 0 Å². The first kappa shape index (κ1) is 13.0. The summed E-state index contributed by atoms with van der Waals surface area (Å²) < 4.78 is 0. The molecule has 90 valence electrons. The third kappa shape index (κ3) is 6.94. The summed E-state index contributed by atoms with van der Waals surface area (Å²) in [6.45, 7) is 3.55. The minimum absolute atomic E-state index is 0.866. The van der Waals surface area contributed by atoms with Crippen molar-refractivity contribution in [3.05, 3.63) is 0 Å². The molecule has 0 aliphatic carbocycles. The molecule has 1 nitrogen and oxygen atoms in total. The lowest BCUT2D eigenvalue weighted by molar-refractivity contribution is 0.500. The van der Waals surface area contributed by atoms with E-state index in [1.165, 1.54) is 77.2 Å². The van der Waals surface area contributed by atoms with Gasteiger partial charge in [-0.25, -0.2) is 0 Å². The second-order valence-corrected chi connectivity index (χ2v) is 5.06. The molecule has 0 unspecified atom stereocenters. The van der Waals surface area contributed by atoms with Gasteiger partial charge in [0.1, 0.15) is 0 Å². The first-order valence-corrected chi connectivity index (χ1v) is 7.17. The van der Waals surface area contributed by atoms with E-state index < -0.39 is 0 Å². The first-order valence-electron chi connectivity index (χ1n) is 7.17. The lowest BCUT2D eigenvalue weighted by atomic mass is 10.0. The molecule has 1 aliphatic rings. The molecule has 0 aromatic carbocycles. The quantitative estimate of drug-likeness (QED) is 0.562. The smallest absolute Gasteiger partial charge is 0.00675 e. The molecule has 0 spiro atoms. The summed E-state index contributed by atoms with van der Waals surface area (Å²) >= 11 is 0. The number of unbranched alkanes of at least 4 members (excludes halogenated alkanes) is 7. The Bertz CT molecular complexity index is 127. The second kappa shape index (κ2) is 9.21. The Hall–Kier alpha value is -0.0400. The summed E-state index contributed by atoms with van der Waals surface area (Å²) in [4.78, 5) is 0. The van der Waals surface area contributed by atoms with Gasteiger partial charge in [-0.1, -0.05) is 58.3 Å². The zero-order valence-corrected chi connectivity index (χ0v) is 10.6. The lowest BCUT2D eigenvalue weighted by Gasteiger charge is -2.09. The van der Waals surface area contributed by atoms with Gasteiger partial charge in [0, 0.05) is 6.04 Å². The highest BCUT2D eigenvalue weighted by Crippen LogP contribution is 2.14. The highest BCUT2D eigenvalue weighted by molar-refractivity contribution is 4.73. The predicted octanol–water partition coefficient (Wildman–Crippen LogP) is 4.27. The molecule has 1 heterocycles. The van der Waals surface area contributed by atoms with Crippen LogP contribution in [0.5, 0.6) is 0 Å². The van der Waals surface area contributed by atoms with Gasteiger partial charge in [0.15, 0.2) is 0 Å². The lowest BCUT2D eigenvalue weighted by Crippen LogP contribution is -2.20. The number of hydrogen-bond acceptors (Lipinski definition) is 1. The van der Waals surface area contributed by atoms with Crippen molar-refractivity contribution in [2.24, 2.45) is 0 Å². The van der Waals surface area contributed by atoms with E-state index in [4.69, 9.17) is 0 Å². The summed E-state index contributed by atoms with van der Waals surface area (Å²) in [6.07, 6.45) is 15.8. The third-order valence-corrected chi connectivity index (χ3v) is 3.57. The van der Waals surface area contributed by atoms with Crippen molar-refractivity contribution in [3.63, 3.8) is 0 Å². The Morgan fingerprint density at radius 2 is 1.60 bits per heavy atom. The van der Waals surface area contributed by atoms with Gasteiger partial charge in [0.25, 0.3) is 0 Å². The van der Waals surface area contributed by atoms with E-state index in [2.05, 4.69) is 12.2 Å². The van der Waals surface area contributed by atoms with Gasteiger partial charge in [-0.15, -0.1) is 0 Å². The van der Waals surface area contributed by atoms with E-state index in [-0.39, 0.29) is 0 Å². The molecule has 0 bridgehead atoms. The molecule has 1 aliphatic heterocycles. The van der Waals surface area contributed by atoms with Crippen molar-refractivity contribution >= 4 is 0 Å². The van der Waals surface area contributed by atoms with Crippen LogP contribution in [0.2, 0.25) is 0 Å². The van der Waals surface area contributed by atoms with Crippen LogP contribution < -0.4 is 5.32 Å². The maximum absolute atomic E-state index is 3.58. The largest absolute Gasteiger partial charge is 0.314 e. The van der Waals surface area contributed by atoms with Gasteiger partial charge in [-0.2, -0.15) is 0 Å². The highest BCUT2D eigenvalue weighted by Gasteiger charge is 2.12. The van der Waals surface area contributed by atoms with Crippen molar-refractivity contribution in [1.82, 2.24) is 5.32 Å². The van der Waals surface area contributed by atoms with Crippen molar-refractivity contribution < 1.29 is 0 Å². The average molecular weight is 211 g/mol. The molecule has 0 radical (unpaired) electrons. The van der Waals surface area contributed by atoms with E-state index in [9.17, 15) is 0 Å². The summed E-state index contributed by atoms with van der Waals surface area (Å²) in [5.74, 6) is 0. The second-order valence-electron chi connectivity index (χ2n) is 5.06. The third-order valence-electron chi connectivity index (χ3n) is 3.57. The van der Waals surface area contributed by atoms with Crippen molar-refractivity contribution in [2.45, 2.75) is 83.6 Å². The molecule has 0 aromatic heterocycles. The zero-order valence-electron chi connectivity index (χ0n) is 10.6. The molecule has 0 aromatic rings. The highest BCUT2D eigenvalue weighted by atomic mass is 14.9. The normalized spacial score (nSPS) is 21.0. The van der Waals surface area contributed by atoms with E-state index >= 15 is 0 Å². The molecule has 1 saturated heterocycles. The van der Waals surface area contributed by atoms with Crippen molar-refractivity contribution in [1.29, 1.82) is 0 Å². The van der Waals surface area contributed by atoms with Crippen LogP contribution in [0.15, 0.2) is 0 Å². The Balaban J connectivity index is 1.73. The topological polar surface area (TPSA) is 12.0 Å². The van der Waals surface area contributed by atoms with Gasteiger partial charge in [0.2, 0.25) is 0 Å². The molecular weight excluding hydrogens is 182 g/mol. The van der Waals surface area contributed by atoms with Crippen LogP contribution in [0.25, 0.3) is 0 Å². The SMILES string of the molecule is CCCCCCCCCC[C@H]1CCCN1. The summed E-state index contributed by atoms with van der Waals surface area (Å²) in [5, 5.41) is 3.58. The van der Waals surface area contributed by atoms with Gasteiger partial charge < -0.3 is 5.32 Å². The molecule has 15 heavy (non-hydrogen) atoms. The van der Waals surface area contributed by atoms with Crippen LogP contribution in [0.3, 0.4) is 0 Å². The monoisotopic (exact) mass is 211 g/mol. The van der Waals surface area contributed by atoms with Gasteiger partial charge in [-0.05, 0) is 25.8 Å². The molecule has 1 heteroatoms. The number of hydrogen-bond donors (Lipinski definition) is 1. The summed E-state index contributed by atoms with van der Waals surface area (Å²) in [6, 6.07) is 0.866. The Morgan fingerprint density at radius 1 is 0.933 bits per heavy atom. The fraction of sp³-hybridized carbons (Fsp3) is 1.00. The van der Waals surface area contributed by atoms with Gasteiger partial charge >= 0.3 is 0 Å². The van der Waals surface area contributed by atoms with Crippen molar-refractivity contribution in [2.75, 3.05) is 6.54 Å². The maximum atomic E-state index is 3.58.